The smallest absolute Gasteiger partial charge is 0.0367 e. The van der Waals surface area contributed by atoms with Crippen molar-refractivity contribution in [2.45, 2.75) is 44.6 Å². The quantitative estimate of drug-likeness (QED) is 0.879. The summed E-state index contributed by atoms with van der Waals surface area (Å²) < 4.78 is 0. The number of anilines is 1. The van der Waals surface area contributed by atoms with Gasteiger partial charge in [0.25, 0.3) is 0 Å². The molecule has 0 bridgehead atoms. The molecule has 1 aromatic carbocycles. The van der Waals surface area contributed by atoms with Gasteiger partial charge in [-0.1, -0.05) is 6.07 Å². The van der Waals surface area contributed by atoms with Gasteiger partial charge in [-0.25, -0.2) is 0 Å². The molecule has 1 N–H and O–H groups in total. The molecule has 0 amide bonds. The minimum Gasteiger partial charge on any atom is -0.373 e. The maximum Gasteiger partial charge on any atom is 0.0367 e. The first-order chi connectivity index (χ1) is 8.83. The lowest BCUT2D eigenvalue weighted by atomic mass is 9.91. The summed E-state index contributed by atoms with van der Waals surface area (Å²) in [5.74, 6) is 0. The highest BCUT2D eigenvalue weighted by molar-refractivity contribution is 5.51. The van der Waals surface area contributed by atoms with Gasteiger partial charge in [0, 0.05) is 25.3 Å². The van der Waals surface area contributed by atoms with Crippen LogP contribution in [-0.2, 0) is 12.8 Å². The van der Waals surface area contributed by atoms with E-state index in [4.69, 9.17) is 0 Å². The molecule has 0 aromatic heterocycles. The minimum atomic E-state index is 0.686. The van der Waals surface area contributed by atoms with Gasteiger partial charge in [0.15, 0.2) is 0 Å². The molecule has 2 aliphatic rings. The predicted octanol–water partition coefficient (Wildman–Crippen LogP) is 2.75. The van der Waals surface area contributed by atoms with Crippen molar-refractivity contribution in [2.75, 3.05) is 25.0 Å². The van der Waals surface area contributed by atoms with E-state index in [-0.39, 0.29) is 0 Å². The topological polar surface area (TPSA) is 15.3 Å². The van der Waals surface area contributed by atoms with E-state index in [1.165, 1.54) is 50.8 Å². The first kappa shape index (κ1) is 12.0. The van der Waals surface area contributed by atoms with Crippen LogP contribution in [-0.4, -0.2) is 26.2 Å². The molecule has 1 aromatic rings. The maximum atomic E-state index is 3.58. The van der Waals surface area contributed by atoms with Gasteiger partial charge in [-0.15, -0.1) is 0 Å². The Labute approximate surface area is 110 Å². The summed E-state index contributed by atoms with van der Waals surface area (Å²) in [7, 11) is 2.23. The Balaban J connectivity index is 1.70. The van der Waals surface area contributed by atoms with Crippen LogP contribution < -0.4 is 10.2 Å². The van der Waals surface area contributed by atoms with E-state index in [9.17, 15) is 0 Å². The molecule has 2 nitrogen and oxygen atoms in total. The Morgan fingerprint density at radius 1 is 1.17 bits per heavy atom. The molecule has 3 rings (SSSR count). The van der Waals surface area contributed by atoms with Crippen molar-refractivity contribution < 1.29 is 0 Å². The van der Waals surface area contributed by atoms with Crippen LogP contribution in [0.3, 0.4) is 0 Å². The fourth-order valence-corrected chi connectivity index (χ4v) is 3.31. The first-order valence-electron chi connectivity index (χ1n) is 7.39. The molecule has 98 valence electrons. The first-order valence-corrected chi connectivity index (χ1v) is 7.39. The summed E-state index contributed by atoms with van der Waals surface area (Å²) in [6.07, 6.45) is 7.96. The maximum absolute atomic E-state index is 3.58. The number of nitrogens with zero attached hydrogens (tertiary/aromatic N) is 1. The highest BCUT2D eigenvalue weighted by atomic mass is 15.1. The van der Waals surface area contributed by atoms with E-state index in [0.717, 1.165) is 6.54 Å². The summed E-state index contributed by atoms with van der Waals surface area (Å²) in [5.41, 5.74) is 4.56. The largest absolute Gasteiger partial charge is 0.373 e. The molecular weight excluding hydrogens is 220 g/mol. The van der Waals surface area contributed by atoms with Crippen LogP contribution in [0.2, 0.25) is 0 Å². The third-order valence-electron chi connectivity index (χ3n) is 4.43. The number of hydrogen-bond acceptors (Lipinski definition) is 2. The van der Waals surface area contributed by atoms with E-state index in [0.29, 0.717) is 6.04 Å². The minimum absolute atomic E-state index is 0.686. The molecule has 1 unspecified atom stereocenters. The predicted molar refractivity (Wildman–Crippen MR) is 77.4 cm³/mol. The van der Waals surface area contributed by atoms with E-state index >= 15 is 0 Å². The normalized spacial score (nSPS) is 22.8. The molecule has 0 radical (unpaired) electrons. The van der Waals surface area contributed by atoms with Gasteiger partial charge in [0.2, 0.25) is 0 Å². The highest BCUT2D eigenvalue weighted by Crippen LogP contribution is 2.26. The van der Waals surface area contributed by atoms with Crippen LogP contribution in [0.25, 0.3) is 0 Å². The van der Waals surface area contributed by atoms with Crippen LogP contribution in [0, 0.1) is 0 Å². The molecule has 1 aliphatic carbocycles. The summed E-state index contributed by atoms with van der Waals surface area (Å²) in [6.45, 7) is 2.33. The second-order valence-electron chi connectivity index (χ2n) is 5.83. The number of fused-ring (bicyclic) bond motifs is 1. The van der Waals surface area contributed by atoms with Gasteiger partial charge >= 0.3 is 0 Å². The summed E-state index contributed by atoms with van der Waals surface area (Å²) in [4.78, 5) is 2.41. The Morgan fingerprint density at radius 3 is 2.78 bits per heavy atom. The van der Waals surface area contributed by atoms with Gasteiger partial charge in [-0.2, -0.15) is 0 Å². The van der Waals surface area contributed by atoms with E-state index in [1.54, 1.807) is 11.1 Å². The van der Waals surface area contributed by atoms with Crippen molar-refractivity contribution in [2.24, 2.45) is 0 Å². The SMILES string of the molecule is CN(CC1CCCN1)c1ccc2c(c1)CCCC2. The molecule has 0 saturated carbocycles. The fraction of sp³-hybridized carbons (Fsp3) is 0.625. The van der Waals surface area contributed by atoms with Crippen molar-refractivity contribution >= 4 is 5.69 Å². The van der Waals surface area contributed by atoms with Crippen molar-refractivity contribution in [3.63, 3.8) is 0 Å². The summed E-state index contributed by atoms with van der Waals surface area (Å²) in [5, 5.41) is 3.58. The van der Waals surface area contributed by atoms with Gasteiger partial charge in [-0.3, -0.25) is 0 Å². The molecule has 1 heterocycles. The lowest BCUT2D eigenvalue weighted by Gasteiger charge is -2.25. The Hall–Kier alpha value is -1.02. The zero-order valence-corrected chi connectivity index (χ0v) is 11.4. The van der Waals surface area contributed by atoms with Crippen molar-refractivity contribution in [3.05, 3.63) is 29.3 Å². The third kappa shape index (κ3) is 2.54. The number of benzene rings is 1. The zero-order chi connectivity index (χ0) is 12.4. The van der Waals surface area contributed by atoms with E-state index in [1.807, 2.05) is 0 Å². The molecule has 18 heavy (non-hydrogen) atoms. The number of aryl methyl sites for hydroxylation is 2. The van der Waals surface area contributed by atoms with Crippen LogP contribution in [0.4, 0.5) is 5.69 Å². The van der Waals surface area contributed by atoms with Gasteiger partial charge in [0.1, 0.15) is 0 Å². The third-order valence-corrected chi connectivity index (χ3v) is 4.43. The second-order valence-corrected chi connectivity index (χ2v) is 5.83. The molecule has 2 heteroatoms. The average molecular weight is 244 g/mol. The summed E-state index contributed by atoms with van der Waals surface area (Å²) in [6, 6.07) is 7.76. The van der Waals surface area contributed by atoms with Crippen molar-refractivity contribution in [1.29, 1.82) is 0 Å². The van der Waals surface area contributed by atoms with Crippen LogP contribution in [0.5, 0.6) is 0 Å². The van der Waals surface area contributed by atoms with Gasteiger partial charge in [-0.05, 0) is 68.3 Å². The fourth-order valence-electron chi connectivity index (χ4n) is 3.31. The van der Waals surface area contributed by atoms with Crippen LogP contribution in [0.15, 0.2) is 18.2 Å². The molecule has 1 aliphatic heterocycles. The lowest BCUT2D eigenvalue weighted by molar-refractivity contribution is 0.599. The average Bonchev–Trinajstić information content (AvgIpc) is 2.91. The van der Waals surface area contributed by atoms with E-state index in [2.05, 4.69) is 35.5 Å². The van der Waals surface area contributed by atoms with Gasteiger partial charge in [0.05, 0.1) is 0 Å². The molecule has 1 atom stereocenters. The van der Waals surface area contributed by atoms with Crippen LogP contribution >= 0.6 is 0 Å². The summed E-state index contributed by atoms with van der Waals surface area (Å²) >= 11 is 0. The Kier molecular flexibility index (Phi) is 3.55. The number of nitrogens with one attached hydrogen (secondary N) is 1. The zero-order valence-electron chi connectivity index (χ0n) is 11.4. The van der Waals surface area contributed by atoms with Crippen molar-refractivity contribution in [1.82, 2.24) is 5.32 Å². The highest BCUT2D eigenvalue weighted by Gasteiger charge is 2.17. The Morgan fingerprint density at radius 2 is 2.00 bits per heavy atom. The number of likely N-dealkylation sites (N-methyl/N-ethyl adjacent to an activating group) is 1. The van der Waals surface area contributed by atoms with Crippen molar-refractivity contribution in [3.8, 4) is 0 Å². The lowest BCUT2D eigenvalue weighted by Crippen LogP contribution is -2.35. The second kappa shape index (κ2) is 5.31. The van der Waals surface area contributed by atoms with Crippen LogP contribution in [0.1, 0.15) is 36.8 Å². The molecule has 1 saturated heterocycles. The number of hydrogen-bond donors (Lipinski definition) is 1. The van der Waals surface area contributed by atoms with E-state index < -0.39 is 0 Å². The monoisotopic (exact) mass is 244 g/mol. The van der Waals surface area contributed by atoms with Gasteiger partial charge < -0.3 is 10.2 Å². The number of rotatable bonds is 3. The molecular formula is C16H24N2. The standard InChI is InChI=1S/C16H24N2/c1-18(12-15-7-4-10-17-15)16-9-8-13-5-2-3-6-14(13)11-16/h8-9,11,15,17H,2-7,10,12H2,1H3. The Bertz CT molecular complexity index is 408. The molecule has 0 spiro atoms. The molecule has 1 fully saturated rings.